The number of aryl methyl sites for hydroxylation is 3. The first-order valence-corrected chi connectivity index (χ1v) is 7.61. The number of rotatable bonds is 6. The molecule has 1 nitrogen and oxygen atoms in total. The number of nitrogens with one attached hydrogen (secondary N) is 1. The second kappa shape index (κ2) is 7.09. The summed E-state index contributed by atoms with van der Waals surface area (Å²) in [5.74, 6) is 0. The molecule has 0 amide bonds. The topological polar surface area (TPSA) is 12.0 Å². The Morgan fingerprint density at radius 1 is 0.895 bits per heavy atom. The van der Waals surface area contributed by atoms with Crippen LogP contribution in [0.4, 0.5) is 0 Å². The van der Waals surface area contributed by atoms with Crippen LogP contribution in [0.3, 0.4) is 0 Å². The fraction of sp³-hybridized carbons (Fsp3) is 0.667. The average molecular weight is 261 g/mol. The van der Waals surface area contributed by atoms with Crippen LogP contribution < -0.4 is 5.32 Å². The third-order valence-corrected chi connectivity index (χ3v) is 3.60. The minimum Gasteiger partial charge on any atom is -0.312 e. The Bertz CT molecular complexity index is 376. The highest BCUT2D eigenvalue weighted by atomic mass is 14.9. The van der Waals surface area contributed by atoms with Gasteiger partial charge in [0, 0.05) is 5.54 Å². The van der Waals surface area contributed by atoms with Crippen LogP contribution in [0, 0.1) is 20.8 Å². The van der Waals surface area contributed by atoms with E-state index in [4.69, 9.17) is 0 Å². The van der Waals surface area contributed by atoms with Gasteiger partial charge in [0.05, 0.1) is 0 Å². The Balaban J connectivity index is 2.30. The van der Waals surface area contributed by atoms with Crippen molar-refractivity contribution in [3.63, 3.8) is 0 Å². The Morgan fingerprint density at radius 2 is 1.47 bits per heavy atom. The molecule has 19 heavy (non-hydrogen) atoms. The van der Waals surface area contributed by atoms with E-state index in [0.29, 0.717) is 0 Å². The van der Waals surface area contributed by atoms with Crippen molar-refractivity contribution in [1.29, 1.82) is 0 Å². The van der Waals surface area contributed by atoms with Crippen molar-refractivity contribution in [1.82, 2.24) is 5.32 Å². The molecule has 1 heteroatoms. The van der Waals surface area contributed by atoms with Gasteiger partial charge < -0.3 is 5.32 Å². The van der Waals surface area contributed by atoms with E-state index in [1.54, 1.807) is 5.56 Å². The molecule has 0 heterocycles. The van der Waals surface area contributed by atoms with Gasteiger partial charge in [-0.2, -0.15) is 0 Å². The average Bonchev–Trinajstić information content (AvgIpc) is 2.24. The molecule has 0 unspecified atom stereocenters. The van der Waals surface area contributed by atoms with Crippen LogP contribution in [0.25, 0.3) is 0 Å². The fourth-order valence-electron chi connectivity index (χ4n) is 2.67. The first-order chi connectivity index (χ1) is 8.79. The van der Waals surface area contributed by atoms with Gasteiger partial charge in [0.25, 0.3) is 0 Å². The van der Waals surface area contributed by atoms with Crippen molar-refractivity contribution in [3.05, 3.63) is 34.4 Å². The molecule has 0 saturated heterocycles. The van der Waals surface area contributed by atoms with E-state index in [1.807, 2.05) is 0 Å². The van der Waals surface area contributed by atoms with E-state index in [1.165, 1.54) is 42.4 Å². The van der Waals surface area contributed by atoms with E-state index in [2.05, 4.69) is 59.0 Å². The van der Waals surface area contributed by atoms with Crippen LogP contribution in [0.15, 0.2) is 12.1 Å². The summed E-state index contributed by atoms with van der Waals surface area (Å²) < 4.78 is 0. The molecule has 0 saturated carbocycles. The summed E-state index contributed by atoms with van der Waals surface area (Å²) in [4.78, 5) is 0. The minimum absolute atomic E-state index is 0.254. The molecule has 1 rings (SSSR count). The van der Waals surface area contributed by atoms with E-state index >= 15 is 0 Å². The molecule has 1 aromatic carbocycles. The largest absolute Gasteiger partial charge is 0.312 e. The molecule has 0 radical (unpaired) electrons. The van der Waals surface area contributed by atoms with Crippen molar-refractivity contribution < 1.29 is 0 Å². The van der Waals surface area contributed by atoms with Crippen LogP contribution in [-0.2, 0) is 6.42 Å². The molecule has 0 aliphatic carbocycles. The molecule has 0 bridgehead atoms. The molecule has 0 spiro atoms. The Labute approximate surface area is 119 Å². The van der Waals surface area contributed by atoms with Gasteiger partial charge >= 0.3 is 0 Å². The summed E-state index contributed by atoms with van der Waals surface area (Å²) >= 11 is 0. The highest BCUT2D eigenvalue weighted by Crippen LogP contribution is 2.18. The third kappa shape index (κ3) is 6.24. The van der Waals surface area contributed by atoms with E-state index in [9.17, 15) is 0 Å². The standard InChI is InChI=1S/C18H31N/c1-14-12-15(2)17(16(3)13-14)10-8-7-9-11-19-18(4,5)6/h12-13,19H,7-11H2,1-6H3. The quantitative estimate of drug-likeness (QED) is 0.731. The molecular formula is C18H31N. The molecule has 1 N–H and O–H groups in total. The van der Waals surface area contributed by atoms with Gasteiger partial charge in [0.1, 0.15) is 0 Å². The first kappa shape index (κ1) is 16.2. The number of unbranched alkanes of at least 4 members (excludes halogenated alkanes) is 2. The van der Waals surface area contributed by atoms with Crippen molar-refractivity contribution in [2.24, 2.45) is 0 Å². The maximum atomic E-state index is 3.55. The van der Waals surface area contributed by atoms with Gasteiger partial charge in [-0.25, -0.2) is 0 Å². The summed E-state index contributed by atoms with van der Waals surface area (Å²) in [5, 5.41) is 3.55. The highest BCUT2D eigenvalue weighted by molar-refractivity contribution is 5.37. The normalized spacial score (nSPS) is 11.9. The zero-order chi connectivity index (χ0) is 14.5. The zero-order valence-electron chi connectivity index (χ0n) is 13.7. The lowest BCUT2D eigenvalue weighted by Gasteiger charge is -2.20. The Hall–Kier alpha value is -0.820. The second-order valence-corrected chi connectivity index (χ2v) is 6.86. The molecule has 0 atom stereocenters. The predicted molar refractivity (Wildman–Crippen MR) is 86.0 cm³/mol. The summed E-state index contributed by atoms with van der Waals surface area (Å²) in [6.07, 6.45) is 5.13. The van der Waals surface area contributed by atoms with Crippen LogP contribution in [0.5, 0.6) is 0 Å². The number of hydrogen-bond donors (Lipinski definition) is 1. The summed E-state index contributed by atoms with van der Waals surface area (Å²) in [5.41, 5.74) is 6.13. The number of hydrogen-bond acceptors (Lipinski definition) is 1. The predicted octanol–water partition coefficient (Wildman–Crippen LogP) is 4.71. The molecular weight excluding hydrogens is 230 g/mol. The van der Waals surface area contributed by atoms with Gasteiger partial charge in [-0.05, 0) is 84.0 Å². The second-order valence-electron chi connectivity index (χ2n) is 6.86. The zero-order valence-corrected chi connectivity index (χ0v) is 13.7. The third-order valence-electron chi connectivity index (χ3n) is 3.60. The lowest BCUT2D eigenvalue weighted by molar-refractivity contribution is 0.417. The van der Waals surface area contributed by atoms with Crippen molar-refractivity contribution in [2.75, 3.05) is 6.54 Å². The maximum Gasteiger partial charge on any atom is 0.00965 e. The SMILES string of the molecule is Cc1cc(C)c(CCCCCNC(C)(C)C)c(C)c1. The highest BCUT2D eigenvalue weighted by Gasteiger charge is 2.07. The molecule has 0 aromatic heterocycles. The van der Waals surface area contributed by atoms with Crippen LogP contribution >= 0.6 is 0 Å². The minimum atomic E-state index is 0.254. The fourth-order valence-corrected chi connectivity index (χ4v) is 2.67. The van der Waals surface area contributed by atoms with Crippen molar-refractivity contribution in [2.45, 2.75) is 72.8 Å². The Morgan fingerprint density at radius 3 is 2.00 bits per heavy atom. The molecule has 0 fully saturated rings. The van der Waals surface area contributed by atoms with Crippen LogP contribution in [0.1, 0.15) is 62.3 Å². The lowest BCUT2D eigenvalue weighted by atomic mass is 9.95. The van der Waals surface area contributed by atoms with Crippen LogP contribution in [-0.4, -0.2) is 12.1 Å². The maximum absolute atomic E-state index is 3.55. The van der Waals surface area contributed by atoms with Crippen molar-refractivity contribution in [3.8, 4) is 0 Å². The molecule has 0 aliphatic rings. The van der Waals surface area contributed by atoms with Crippen LogP contribution in [0.2, 0.25) is 0 Å². The first-order valence-electron chi connectivity index (χ1n) is 7.61. The summed E-state index contributed by atoms with van der Waals surface area (Å²) in [7, 11) is 0. The van der Waals surface area contributed by atoms with E-state index < -0.39 is 0 Å². The molecule has 0 aliphatic heterocycles. The summed E-state index contributed by atoms with van der Waals surface area (Å²) in [6.45, 7) is 14.5. The smallest absolute Gasteiger partial charge is 0.00965 e. The number of benzene rings is 1. The Kier molecular flexibility index (Phi) is 6.06. The van der Waals surface area contributed by atoms with Gasteiger partial charge in [0.2, 0.25) is 0 Å². The van der Waals surface area contributed by atoms with Gasteiger partial charge in [-0.15, -0.1) is 0 Å². The van der Waals surface area contributed by atoms with Gasteiger partial charge in [-0.1, -0.05) is 24.1 Å². The summed E-state index contributed by atoms with van der Waals surface area (Å²) in [6, 6.07) is 4.62. The van der Waals surface area contributed by atoms with E-state index in [-0.39, 0.29) is 5.54 Å². The van der Waals surface area contributed by atoms with Gasteiger partial charge in [-0.3, -0.25) is 0 Å². The molecule has 1 aromatic rings. The van der Waals surface area contributed by atoms with E-state index in [0.717, 1.165) is 6.54 Å². The lowest BCUT2D eigenvalue weighted by Crippen LogP contribution is -2.36. The van der Waals surface area contributed by atoms with Crippen molar-refractivity contribution >= 4 is 0 Å². The molecule has 108 valence electrons. The monoisotopic (exact) mass is 261 g/mol. The van der Waals surface area contributed by atoms with Gasteiger partial charge in [0.15, 0.2) is 0 Å².